The van der Waals surface area contributed by atoms with Crippen molar-refractivity contribution >= 4 is 27.8 Å². The van der Waals surface area contributed by atoms with Gasteiger partial charge in [0.2, 0.25) is 0 Å². The number of hydrogen-bond donors (Lipinski definition) is 2. The van der Waals surface area contributed by atoms with E-state index in [0.717, 1.165) is 4.47 Å². The summed E-state index contributed by atoms with van der Waals surface area (Å²) in [6.45, 7) is 2.71. The van der Waals surface area contributed by atoms with Crippen LogP contribution in [0.3, 0.4) is 0 Å². The van der Waals surface area contributed by atoms with Crippen LogP contribution in [-0.2, 0) is 4.79 Å². The summed E-state index contributed by atoms with van der Waals surface area (Å²) < 4.78 is 0.832. The van der Waals surface area contributed by atoms with Gasteiger partial charge in [0.05, 0.1) is 5.41 Å². The number of likely N-dealkylation sites (tertiary alicyclic amines) is 1. The van der Waals surface area contributed by atoms with Gasteiger partial charge in [-0.2, -0.15) is 0 Å². The first-order valence-electron chi connectivity index (χ1n) is 5.79. The normalized spacial score (nSPS) is 18.7. The molecule has 5 nitrogen and oxygen atoms in total. The van der Waals surface area contributed by atoms with Crippen LogP contribution >= 0.6 is 15.9 Å². The molecule has 0 spiro atoms. The number of carbonyl (C=O) groups is 2. The van der Waals surface area contributed by atoms with Crippen molar-refractivity contribution in [3.8, 4) is 0 Å². The molecular formula is C12H15BrN2O3. The average Bonchev–Trinajstić information content (AvgIpc) is 2.76. The largest absolute Gasteiger partial charge is 0.481 e. The fourth-order valence-corrected chi connectivity index (χ4v) is 2.42. The number of halogens is 1. The van der Waals surface area contributed by atoms with Gasteiger partial charge in [-0.05, 0) is 41.8 Å². The highest BCUT2D eigenvalue weighted by Crippen LogP contribution is 2.31. The molecule has 1 fully saturated rings. The fourth-order valence-electron chi connectivity index (χ4n) is 2.08. The molecule has 98 valence electrons. The number of amides is 1. The molecule has 1 aliphatic heterocycles. The molecule has 0 aromatic carbocycles. The van der Waals surface area contributed by atoms with E-state index in [-0.39, 0.29) is 5.91 Å². The zero-order chi connectivity index (χ0) is 13.3. The fraction of sp³-hybridized carbons (Fsp3) is 0.500. The minimum Gasteiger partial charge on any atom is -0.481 e. The first-order valence-corrected chi connectivity index (χ1v) is 6.58. The number of nitrogens with zero attached hydrogens (tertiary/aromatic N) is 1. The molecule has 0 bridgehead atoms. The Bertz CT molecular complexity index is 475. The van der Waals surface area contributed by atoms with E-state index < -0.39 is 11.4 Å². The van der Waals surface area contributed by atoms with E-state index in [1.165, 1.54) is 0 Å². The first kappa shape index (κ1) is 13.1. The van der Waals surface area contributed by atoms with Gasteiger partial charge < -0.3 is 15.0 Å². The van der Waals surface area contributed by atoms with E-state index in [2.05, 4.69) is 20.9 Å². The standard InChI is InChI=1S/C12H15BrN2O3/c1-12(11(17)18)2-4-15(5-3-12)10(16)9-6-8(13)7-14-9/h6-7,14H,2-5H2,1H3,(H,17,18). The molecule has 0 saturated carbocycles. The van der Waals surface area contributed by atoms with E-state index in [0.29, 0.717) is 31.6 Å². The number of aromatic amines is 1. The second-order valence-electron chi connectivity index (χ2n) is 4.89. The van der Waals surface area contributed by atoms with Crippen LogP contribution in [0.5, 0.6) is 0 Å². The Labute approximate surface area is 113 Å². The van der Waals surface area contributed by atoms with Crippen LogP contribution in [0.1, 0.15) is 30.3 Å². The predicted molar refractivity (Wildman–Crippen MR) is 69.4 cm³/mol. The zero-order valence-corrected chi connectivity index (χ0v) is 11.7. The van der Waals surface area contributed by atoms with Crippen LogP contribution in [-0.4, -0.2) is 40.0 Å². The van der Waals surface area contributed by atoms with Crippen molar-refractivity contribution in [3.63, 3.8) is 0 Å². The molecule has 18 heavy (non-hydrogen) atoms. The summed E-state index contributed by atoms with van der Waals surface area (Å²) >= 11 is 3.28. The van der Waals surface area contributed by atoms with Crippen LogP contribution in [0, 0.1) is 5.41 Å². The average molecular weight is 315 g/mol. The molecule has 2 N–H and O–H groups in total. The number of carboxylic acids is 1. The number of aliphatic carboxylic acids is 1. The first-order chi connectivity index (χ1) is 8.42. The van der Waals surface area contributed by atoms with Gasteiger partial charge in [0.1, 0.15) is 5.69 Å². The van der Waals surface area contributed by atoms with E-state index in [1.807, 2.05) is 0 Å². The quantitative estimate of drug-likeness (QED) is 0.878. The smallest absolute Gasteiger partial charge is 0.309 e. The minimum absolute atomic E-state index is 0.0758. The third-order valence-electron chi connectivity index (χ3n) is 3.55. The Morgan fingerprint density at radius 3 is 2.50 bits per heavy atom. The molecule has 0 aliphatic carbocycles. The third kappa shape index (κ3) is 2.43. The molecule has 2 heterocycles. The van der Waals surface area contributed by atoms with Crippen LogP contribution in [0.15, 0.2) is 16.7 Å². The van der Waals surface area contributed by atoms with Crippen LogP contribution in [0.4, 0.5) is 0 Å². The van der Waals surface area contributed by atoms with Gasteiger partial charge in [-0.3, -0.25) is 9.59 Å². The highest BCUT2D eigenvalue weighted by molar-refractivity contribution is 9.10. The predicted octanol–water partition coefficient (Wildman–Crippen LogP) is 2.10. The maximum absolute atomic E-state index is 12.1. The number of nitrogens with one attached hydrogen (secondary N) is 1. The Balaban J connectivity index is 2.02. The topological polar surface area (TPSA) is 73.4 Å². The summed E-state index contributed by atoms with van der Waals surface area (Å²) in [4.78, 5) is 27.8. The maximum atomic E-state index is 12.1. The van der Waals surface area contributed by atoms with Crippen molar-refractivity contribution in [2.75, 3.05) is 13.1 Å². The third-order valence-corrected chi connectivity index (χ3v) is 4.01. The second-order valence-corrected chi connectivity index (χ2v) is 5.81. The Hall–Kier alpha value is -1.30. The van der Waals surface area contributed by atoms with Crippen molar-refractivity contribution in [2.45, 2.75) is 19.8 Å². The highest BCUT2D eigenvalue weighted by Gasteiger charge is 2.38. The van der Waals surface area contributed by atoms with Gasteiger partial charge in [-0.1, -0.05) is 0 Å². The number of hydrogen-bond acceptors (Lipinski definition) is 2. The van der Waals surface area contributed by atoms with Gasteiger partial charge in [0.25, 0.3) is 5.91 Å². The monoisotopic (exact) mass is 314 g/mol. The molecule has 6 heteroatoms. The SMILES string of the molecule is CC1(C(=O)O)CCN(C(=O)c2cc(Br)c[nH]2)CC1. The van der Waals surface area contributed by atoms with Crippen molar-refractivity contribution in [3.05, 3.63) is 22.4 Å². The lowest BCUT2D eigenvalue weighted by molar-refractivity contribution is -0.150. The Kier molecular flexibility index (Phi) is 3.47. The maximum Gasteiger partial charge on any atom is 0.309 e. The molecule has 1 amide bonds. The van der Waals surface area contributed by atoms with E-state index >= 15 is 0 Å². The number of carbonyl (C=O) groups excluding carboxylic acids is 1. The van der Waals surface area contributed by atoms with E-state index in [1.54, 1.807) is 24.1 Å². The number of carboxylic acid groups (broad SMARTS) is 1. The highest BCUT2D eigenvalue weighted by atomic mass is 79.9. The van der Waals surface area contributed by atoms with Crippen molar-refractivity contribution in [1.82, 2.24) is 9.88 Å². The number of piperidine rings is 1. The lowest BCUT2D eigenvalue weighted by Gasteiger charge is -2.36. The zero-order valence-electron chi connectivity index (χ0n) is 10.1. The minimum atomic E-state index is -0.780. The number of aromatic nitrogens is 1. The van der Waals surface area contributed by atoms with Gasteiger partial charge in [0.15, 0.2) is 0 Å². The lowest BCUT2D eigenvalue weighted by Crippen LogP contribution is -2.45. The van der Waals surface area contributed by atoms with E-state index in [4.69, 9.17) is 5.11 Å². The van der Waals surface area contributed by atoms with Crippen molar-refractivity contribution < 1.29 is 14.7 Å². The summed E-state index contributed by atoms with van der Waals surface area (Å²) in [5.74, 6) is -0.856. The molecule has 0 unspecified atom stereocenters. The van der Waals surface area contributed by atoms with Gasteiger partial charge in [-0.25, -0.2) is 0 Å². The van der Waals surface area contributed by atoms with Crippen molar-refractivity contribution in [1.29, 1.82) is 0 Å². The van der Waals surface area contributed by atoms with Crippen molar-refractivity contribution in [2.24, 2.45) is 5.41 Å². The molecule has 0 atom stereocenters. The number of H-pyrrole nitrogens is 1. The molecule has 1 aromatic heterocycles. The molecule has 1 aromatic rings. The summed E-state index contributed by atoms with van der Waals surface area (Å²) in [5, 5.41) is 9.13. The van der Waals surface area contributed by atoms with Gasteiger partial charge in [-0.15, -0.1) is 0 Å². The molecule has 2 rings (SSSR count). The second kappa shape index (κ2) is 4.76. The Morgan fingerprint density at radius 1 is 1.44 bits per heavy atom. The van der Waals surface area contributed by atoms with Crippen LogP contribution in [0.25, 0.3) is 0 Å². The summed E-state index contributed by atoms with van der Waals surface area (Å²) in [7, 11) is 0. The summed E-state index contributed by atoms with van der Waals surface area (Å²) in [5.41, 5.74) is -0.173. The summed E-state index contributed by atoms with van der Waals surface area (Å²) in [6.07, 6.45) is 2.70. The summed E-state index contributed by atoms with van der Waals surface area (Å²) in [6, 6.07) is 1.73. The molecular weight excluding hydrogens is 300 g/mol. The molecule has 1 saturated heterocycles. The van der Waals surface area contributed by atoms with E-state index in [9.17, 15) is 9.59 Å². The number of rotatable bonds is 2. The Morgan fingerprint density at radius 2 is 2.06 bits per heavy atom. The molecule has 1 aliphatic rings. The van der Waals surface area contributed by atoms with Crippen LogP contribution in [0.2, 0.25) is 0 Å². The van der Waals surface area contributed by atoms with Crippen LogP contribution < -0.4 is 0 Å². The van der Waals surface area contributed by atoms with Gasteiger partial charge in [0, 0.05) is 23.8 Å². The lowest BCUT2D eigenvalue weighted by atomic mass is 9.80. The van der Waals surface area contributed by atoms with Gasteiger partial charge >= 0.3 is 5.97 Å². The molecule has 0 radical (unpaired) electrons.